The summed E-state index contributed by atoms with van der Waals surface area (Å²) in [4.78, 5) is 12.9. The average Bonchev–Trinajstić information content (AvgIpc) is 2.69. The van der Waals surface area contributed by atoms with E-state index in [-0.39, 0.29) is 4.90 Å². The number of halogens is 2. The molecule has 5 nitrogen and oxygen atoms in total. The lowest BCUT2D eigenvalue weighted by atomic mass is 10.2. The van der Waals surface area contributed by atoms with Crippen molar-refractivity contribution < 1.29 is 13.2 Å². The van der Waals surface area contributed by atoms with Crippen LogP contribution in [-0.2, 0) is 14.8 Å². The molecule has 0 saturated heterocycles. The maximum absolute atomic E-state index is 13.4. The summed E-state index contributed by atoms with van der Waals surface area (Å²) in [6, 6.07) is 17.9. The Kier molecular flexibility index (Phi) is 6.71. The third-order valence-electron chi connectivity index (χ3n) is 4.51. The molecular weight excluding hydrogens is 443 g/mol. The normalized spacial score (nSPS) is 11.2. The molecule has 0 bridgehead atoms. The van der Waals surface area contributed by atoms with Crippen LogP contribution in [0.1, 0.15) is 11.1 Å². The Morgan fingerprint density at radius 1 is 0.900 bits per heavy atom. The fourth-order valence-corrected chi connectivity index (χ4v) is 4.97. The predicted molar refractivity (Wildman–Crippen MR) is 122 cm³/mol. The van der Waals surface area contributed by atoms with Crippen LogP contribution in [0.4, 0.5) is 11.4 Å². The number of hydrogen-bond donors (Lipinski definition) is 1. The van der Waals surface area contributed by atoms with Crippen molar-refractivity contribution in [2.45, 2.75) is 18.7 Å². The number of nitrogens with zero attached hydrogens (tertiary/aromatic N) is 1. The molecular formula is C22H20Cl2N2O3S. The molecule has 0 heterocycles. The Bertz CT molecular complexity index is 1180. The summed E-state index contributed by atoms with van der Waals surface area (Å²) in [6.07, 6.45) is 0. The zero-order chi connectivity index (χ0) is 21.9. The third-order valence-corrected chi connectivity index (χ3v) is 6.75. The third kappa shape index (κ3) is 4.95. The maximum Gasteiger partial charge on any atom is 0.264 e. The van der Waals surface area contributed by atoms with Gasteiger partial charge in [-0.2, -0.15) is 0 Å². The Hall–Kier alpha value is -2.54. The first-order chi connectivity index (χ1) is 14.2. The highest BCUT2D eigenvalue weighted by molar-refractivity contribution is 7.92. The van der Waals surface area contributed by atoms with Gasteiger partial charge >= 0.3 is 0 Å². The van der Waals surface area contributed by atoms with Crippen LogP contribution in [0, 0.1) is 13.8 Å². The van der Waals surface area contributed by atoms with Crippen molar-refractivity contribution in [1.29, 1.82) is 0 Å². The van der Waals surface area contributed by atoms with Crippen LogP contribution in [0.5, 0.6) is 0 Å². The molecule has 0 aliphatic rings. The number of nitrogens with one attached hydrogen (secondary N) is 1. The van der Waals surface area contributed by atoms with Crippen molar-refractivity contribution in [2.75, 3.05) is 16.2 Å². The number of carbonyl (C=O) groups is 1. The Morgan fingerprint density at radius 3 is 2.10 bits per heavy atom. The van der Waals surface area contributed by atoms with Gasteiger partial charge in [0.15, 0.2) is 0 Å². The minimum absolute atomic E-state index is 0.0924. The maximum atomic E-state index is 13.4. The molecule has 30 heavy (non-hydrogen) atoms. The van der Waals surface area contributed by atoms with E-state index < -0.39 is 22.5 Å². The Morgan fingerprint density at radius 2 is 1.50 bits per heavy atom. The minimum Gasteiger partial charge on any atom is -0.324 e. The van der Waals surface area contributed by atoms with Gasteiger partial charge in [-0.25, -0.2) is 8.42 Å². The first-order valence-corrected chi connectivity index (χ1v) is 11.3. The van der Waals surface area contributed by atoms with Crippen molar-refractivity contribution in [2.24, 2.45) is 0 Å². The van der Waals surface area contributed by atoms with Crippen LogP contribution in [0.2, 0.25) is 10.0 Å². The fraction of sp³-hybridized carbons (Fsp3) is 0.136. The lowest BCUT2D eigenvalue weighted by molar-refractivity contribution is -0.114. The minimum atomic E-state index is -3.99. The van der Waals surface area contributed by atoms with Gasteiger partial charge in [0.25, 0.3) is 10.0 Å². The molecule has 0 fully saturated rings. The van der Waals surface area contributed by atoms with Crippen molar-refractivity contribution in [3.8, 4) is 0 Å². The van der Waals surface area contributed by atoms with Crippen molar-refractivity contribution in [1.82, 2.24) is 0 Å². The lowest BCUT2D eigenvalue weighted by Crippen LogP contribution is -2.38. The van der Waals surface area contributed by atoms with Crippen LogP contribution < -0.4 is 9.62 Å². The van der Waals surface area contributed by atoms with Crippen molar-refractivity contribution >= 4 is 50.5 Å². The van der Waals surface area contributed by atoms with Crippen LogP contribution >= 0.6 is 23.2 Å². The first-order valence-electron chi connectivity index (χ1n) is 9.08. The predicted octanol–water partition coefficient (Wildman–Crippen LogP) is 5.44. The molecule has 3 aromatic carbocycles. The quantitative estimate of drug-likeness (QED) is 0.529. The number of aryl methyl sites for hydroxylation is 2. The van der Waals surface area contributed by atoms with Crippen LogP contribution in [0.25, 0.3) is 0 Å². The van der Waals surface area contributed by atoms with E-state index >= 15 is 0 Å². The highest BCUT2D eigenvalue weighted by atomic mass is 35.5. The average molecular weight is 463 g/mol. The summed E-state index contributed by atoms with van der Waals surface area (Å²) in [6.45, 7) is 3.15. The van der Waals surface area contributed by atoms with E-state index in [0.29, 0.717) is 27.0 Å². The van der Waals surface area contributed by atoms with Crippen LogP contribution in [0.15, 0.2) is 71.6 Å². The molecule has 8 heteroatoms. The molecule has 0 saturated carbocycles. The van der Waals surface area contributed by atoms with E-state index in [1.807, 2.05) is 6.92 Å². The summed E-state index contributed by atoms with van der Waals surface area (Å²) >= 11 is 12.0. The number of hydrogen-bond acceptors (Lipinski definition) is 3. The van der Waals surface area contributed by atoms with Gasteiger partial charge in [-0.3, -0.25) is 9.10 Å². The first kappa shape index (κ1) is 22.2. The van der Waals surface area contributed by atoms with Gasteiger partial charge in [0.05, 0.1) is 10.6 Å². The Labute approximate surface area is 186 Å². The molecule has 1 N–H and O–H groups in total. The van der Waals surface area contributed by atoms with E-state index in [4.69, 9.17) is 23.2 Å². The summed E-state index contributed by atoms with van der Waals surface area (Å²) in [7, 11) is -3.99. The molecule has 0 radical (unpaired) electrons. The molecule has 0 aliphatic heterocycles. The molecule has 3 rings (SSSR count). The number of carbonyl (C=O) groups excluding carboxylic acids is 1. The molecule has 0 atom stereocenters. The summed E-state index contributed by atoms with van der Waals surface area (Å²) < 4.78 is 27.8. The highest BCUT2D eigenvalue weighted by Gasteiger charge is 2.28. The van der Waals surface area contributed by atoms with Crippen LogP contribution in [0.3, 0.4) is 0 Å². The summed E-state index contributed by atoms with van der Waals surface area (Å²) in [5, 5.41) is 3.79. The fourth-order valence-electron chi connectivity index (χ4n) is 3.01. The monoisotopic (exact) mass is 462 g/mol. The summed E-state index contributed by atoms with van der Waals surface area (Å²) in [5.41, 5.74) is 2.36. The number of sulfonamides is 1. The molecule has 1 amide bonds. The van der Waals surface area contributed by atoms with Crippen LogP contribution in [-0.4, -0.2) is 20.9 Å². The SMILES string of the molecule is Cc1cc(Cl)ccc1NC(=O)CN(c1ccc(Cl)cc1C)S(=O)(=O)c1ccccc1. The second-order valence-corrected chi connectivity index (χ2v) is 9.50. The molecule has 3 aromatic rings. The smallest absolute Gasteiger partial charge is 0.264 e. The topological polar surface area (TPSA) is 66.5 Å². The van der Waals surface area contributed by atoms with Gasteiger partial charge in [-0.05, 0) is 73.5 Å². The van der Waals surface area contributed by atoms with E-state index in [1.165, 1.54) is 12.1 Å². The van der Waals surface area contributed by atoms with Gasteiger partial charge in [0.2, 0.25) is 5.91 Å². The molecule has 156 valence electrons. The number of rotatable bonds is 6. The Balaban J connectivity index is 1.98. The molecule has 0 unspecified atom stereocenters. The number of amides is 1. The van der Waals surface area contributed by atoms with E-state index in [2.05, 4.69) is 5.32 Å². The van der Waals surface area contributed by atoms with Crippen molar-refractivity contribution in [3.63, 3.8) is 0 Å². The highest BCUT2D eigenvalue weighted by Crippen LogP contribution is 2.29. The van der Waals surface area contributed by atoms with E-state index in [9.17, 15) is 13.2 Å². The number of anilines is 2. The van der Waals surface area contributed by atoms with Gasteiger partial charge in [-0.1, -0.05) is 41.4 Å². The largest absolute Gasteiger partial charge is 0.324 e. The summed E-state index contributed by atoms with van der Waals surface area (Å²) in [5.74, 6) is -0.478. The number of benzene rings is 3. The van der Waals surface area contributed by atoms with E-state index in [0.717, 1.165) is 9.87 Å². The molecule has 0 aliphatic carbocycles. The van der Waals surface area contributed by atoms with E-state index in [1.54, 1.807) is 61.5 Å². The van der Waals surface area contributed by atoms with Gasteiger partial charge in [0.1, 0.15) is 6.54 Å². The van der Waals surface area contributed by atoms with Gasteiger partial charge in [0, 0.05) is 15.7 Å². The molecule has 0 spiro atoms. The van der Waals surface area contributed by atoms with Crippen molar-refractivity contribution in [3.05, 3.63) is 87.9 Å². The second-order valence-electron chi connectivity index (χ2n) is 6.76. The van der Waals surface area contributed by atoms with Gasteiger partial charge in [-0.15, -0.1) is 0 Å². The zero-order valence-electron chi connectivity index (χ0n) is 16.4. The molecule has 0 aromatic heterocycles. The standard InChI is InChI=1S/C22H20Cl2N2O3S/c1-15-12-17(23)8-10-20(15)25-22(27)14-26(21-11-9-18(24)13-16(21)2)30(28,29)19-6-4-3-5-7-19/h3-13H,14H2,1-2H3,(H,25,27). The zero-order valence-corrected chi connectivity index (χ0v) is 18.7. The lowest BCUT2D eigenvalue weighted by Gasteiger charge is -2.26. The second kappa shape index (κ2) is 9.08. The van der Waals surface area contributed by atoms with Gasteiger partial charge < -0.3 is 5.32 Å².